The third-order valence-corrected chi connectivity index (χ3v) is 6.83. The number of nitrogens with one attached hydrogen (secondary N) is 1. The van der Waals surface area contributed by atoms with Gasteiger partial charge in [-0.2, -0.15) is 5.26 Å². The lowest BCUT2D eigenvalue weighted by molar-refractivity contribution is -0.117. The van der Waals surface area contributed by atoms with Crippen LogP contribution < -0.4 is 10.2 Å². The number of rotatable bonds is 5. The van der Waals surface area contributed by atoms with Crippen LogP contribution in [0.3, 0.4) is 0 Å². The van der Waals surface area contributed by atoms with E-state index in [4.69, 9.17) is 23.2 Å². The van der Waals surface area contributed by atoms with E-state index in [2.05, 4.69) is 5.32 Å². The van der Waals surface area contributed by atoms with Crippen molar-refractivity contribution in [1.82, 2.24) is 0 Å². The topological polar surface area (TPSA) is 73.2 Å². The normalized spacial score (nSPS) is 16.9. The van der Waals surface area contributed by atoms with Gasteiger partial charge in [0.25, 0.3) is 5.91 Å². The fourth-order valence-corrected chi connectivity index (χ4v) is 5.10. The van der Waals surface area contributed by atoms with E-state index >= 15 is 0 Å². The van der Waals surface area contributed by atoms with Crippen LogP contribution in [0.5, 0.6) is 0 Å². The Hall–Kier alpha value is -3.24. The standard InChI is InChI=1S/C25H17Cl2N3O2S/c26-17-11-12-21(27)16(13-17)14-22-24(32)30(19-9-5-2-6-10-19)25(33-22)20(15-28)23(31)29-18-7-3-1-4-8-18/h1-13,22H,14H2,(H,29,31). The first-order valence-electron chi connectivity index (χ1n) is 9.98. The zero-order valence-electron chi connectivity index (χ0n) is 17.2. The van der Waals surface area contributed by atoms with Crippen LogP contribution in [-0.4, -0.2) is 17.1 Å². The summed E-state index contributed by atoms with van der Waals surface area (Å²) in [6, 6.07) is 24.9. The van der Waals surface area contributed by atoms with Gasteiger partial charge in [-0.25, -0.2) is 0 Å². The van der Waals surface area contributed by atoms with Crippen molar-refractivity contribution >= 4 is 58.2 Å². The van der Waals surface area contributed by atoms with Crippen molar-refractivity contribution < 1.29 is 9.59 Å². The highest BCUT2D eigenvalue weighted by molar-refractivity contribution is 8.05. The maximum Gasteiger partial charge on any atom is 0.269 e. The molecule has 0 spiro atoms. The van der Waals surface area contributed by atoms with Gasteiger partial charge in [0.1, 0.15) is 16.7 Å². The highest BCUT2D eigenvalue weighted by Crippen LogP contribution is 2.42. The third kappa shape index (κ3) is 5.07. The second-order valence-electron chi connectivity index (χ2n) is 7.17. The van der Waals surface area contributed by atoms with Crippen LogP contribution in [0, 0.1) is 11.3 Å². The van der Waals surface area contributed by atoms with E-state index in [-0.39, 0.29) is 16.5 Å². The molecular weight excluding hydrogens is 477 g/mol. The first kappa shape index (κ1) is 22.9. The van der Waals surface area contributed by atoms with E-state index in [1.807, 2.05) is 18.2 Å². The summed E-state index contributed by atoms with van der Waals surface area (Å²) in [5.41, 5.74) is 1.71. The van der Waals surface area contributed by atoms with Crippen LogP contribution in [0.15, 0.2) is 89.5 Å². The first-order chi connectivity index (χ1) is 16.0. The summed E-state index contributed by atoms with van der Waals surface area (Å²) in [4.78, 5) is 27.9. The van der Waals surface area contributed by atoms with Gasteiger partial charge in [-0.3, -0.25) is 14.5 Å². The summed E-state index contributed by atoms with van der Waals surface area (Å²) in [7, 11) is 0. The van der Waals surface area contributed by atoms with Gasteiger partial charge in [0.15, 0.2) is 0 Å². The molecule has 0 radical (unpaired) electrons. The largest absolute Gasteiger partial charge is 0.321 e. The second kappa shape index (κ2) is 10.1. The Morgan fingerprint density at radius 3 is 2.36 bits per heavy atom. The fraction of sp³-hybridized carbons (Fsp3) is 0.0800. The van der Waals surface area contributed by atoms with Gasteiger partial charge in [0.2, 0.25) is 5.91 Å². The molecule has 33 heavy (non-hydrogen) atoms. The lowest BCUT2D eigenvalue weighted by Crippen LogP contribution is -2.30. The molecule has 0 saturated carbocycles. The van der Waals surface area contributed by atoms with Crippen molar-refractivity contribution in [3.8, 4) is 6.07 Å². The van der Waals surface area contributed by atoms with Crippen LogP contribution in [-0.2, 0) is 16.0 Å². The van der Waals surface area contributed by atoms with Crippen LogP contribution in [0.2, 0.25) is 10.0 Å². The number of hydrogen-bond acceptors (Lipinski definition) is 4. The van der Waals surface area contributed by atoms with E-state index in [0.29, 0.717) is 27.8 Å². The lowest BCUT2D eigenvalue weighted by atomic mass is 10.1. The number of thioether (sulfide) groups is 1. The van der Waals surface area contributed by atoms with Crippen LogP contribution in [0.1, 0.15) is 5.56 Å². The molecule has 1 unspecified atom stereocenters. The monoisotopic (exact) mass is 493 g/mol. The molecular formula is C25H17Cl2N3O2S. The average Bonchev–Trinajstić information content (AvgIpc) is 3.13. The third-order valence-electron chi connectivity index (χ3n) is 4.96. The molecule has 5 nitrogen and oxygen atoms in total. The summed E-state index contributed by atoms with van der Waals surface area (Å²) in [6.07, 6.45) is 0.300. The van der Waals surface area contributed by atoms with Crippen molar-refractivity contribution in [3.05, 3.63) is 105 Å². The average molecular weight is 494 g/mol. The zero-order valence-corrected chi connectivity index (χ0v) is 19.5. The Kier molecular flexibility index (Phi) is 7.05. The van der Waals surface area contributed by atoms with Crippen molar-refractivity contribution in [3.63, 3.8) is 0 Å². The summed E-state index contributed by atoms with van der Waals surface area (Å²) in [5.74, 6) is -0.820. The number of benzene rings is 3. The minimum atomic E-state index is -0.582. The number of carbonyl (C=O) groups is 2. The smallest absolute Gasteiger partial charge is 0.269 e. The van der Waals surface area contributed by atoms with Crippen LogP contribution in [0.4, 0.5) is 11.4 Å². The number of anilines is 2. The van der Waals surface area contributed by atoms with E-state index in [0.717, 1.165) is 5.56 Å². The summed E-state index contributed by atoms with van der Waals surface area (Å²) in [5, 5.41) is 13.3. The molecule has 1 aliphatic rings. The maximum absolute atomic E-state index is 13.5. The van der Waals surface area contributed by atoms with Crippen molar-refractivity contribution in [2.24, 2.45) is 0 Å². The van der Waals surface area contributed by atoms with E-state index in [1.165, 1.54) is 16.7 Å². The Morgan fingerprint density at radius 1 is 1.03 bits per heavy atom. The van der Waals surface area contributed by atoms with Gasteiger partial charge in [0.05, 0.1) is 5.25 Å². The fourth-order valence-electron chi connectivity index (χ4n) is 3.41. The number of carbonyl (C=O) groups excluding carboxylic acids is 2. The zero-order chi connectivity index (χ0) is 23.4. The Morgan fingerprint density at radius 2 is 1.70 bits per heavy atom. The summed E-state index contributed by atoms with van der Waals surface area (Å²) < 4.78 is 0. The van der Waals surface area contributed by atoms with Gasteiger partial charge in [-0.15, -0.1) is 0 Å². The number of amides is 2. The van der Waals surface area contributed by atoms with Crippen LogP contribution in [0.25, 0.3) is 0 Å². The van der Waals surface area contributed by atoms with Gasteiger partial charge >= 0.3 is 0 Å². The Labute approximate surface area is 205 Å². The van der Waals surface area contributed by atoms with E-state index < -0.39 is 11.2 Å². The number of nitrogens with zero attached hydrogens (tertiary/aromatic N) is 2. The van der Waals surface area contributed by atoms with Gasteiger partial charge in [-0.1, -0.05) is 71.4 Å². The Balaban J connectivity index is 1.73. The predicted octanol–water partition coefficient (Wildman–Crippen LogP) is 6.06. The first-order valence-corrected chi connectivity index (χ1v) is 11.6. The molecule has 1 heterocycles. The summed E-state index contributed by atoms with van der Waals surface area (Å²) >= 11 is 13.6. The molecule has 4 rings (SSSR count). The van der Waals surface area contributed by atoms with Gasteiger partial charge in [0, 0.05) is 21.4 Å². The molecule has 1 atom stereocenters. The number of nitriles is 1. The number of halogens is 2. The highest BCUT2D eigenvalue weighted by atomic mass is 35.5. The molecule has 8 heteroatoms. The van der Waals surface area contributed by atoms with Crippen LogP contribution >= 0.6 is 35.0 Å². The van der Waals surface area contributed by atoms with E-state index in [1.54, 1.807) is 66.7 Å². The predicted molar refractivity (Wildman–Crippen MR) is 133 cm³/mol. The molecule has 2 amide bonds. The van der Waals surface area contributed by atoms with Gasteiger partial charge in [-0.05, 0) is 54.4 Å². The van der Waals surface area contributed by atoms with Crippen molar-refractivity contribution in [2.75, 3.05) is 10.2 Å². The SMILES string of the molecule is N#CC(C(=O)Nc1ccccc1)=C1SC(Cc2cc(Cl)ccc2Cl)C(=O)N1c1ccccc1. The molecule has 1 fully saturated rings. The molecule has 0 aromatic heterocycles. The number of para-hydroxylation sites is 2. The number of hydrogen-bond donors (Lipinski definition) is 1. The molecule has 0 aliphatic carbocycles. The molecule has 164 valence electrons. The molecule has 1 aliphatic heterocycles. The molecule has 3 aromatic carbocycles. The minimum absolute atomic E-state index is 0.138. The van der Waals surface area contributed by atoms with Gasteiger partial charge < -0.3 is 5.32 Å². The highest BCUT2D eigenvalue weighted by Gasteiger charge is 2.41. The lowest BCUT2D eigenvalue weighted by Gasteiger charge is -2.18. The molecule has 0 bridgehead atoms. The molecule has 1 saturated heterocycles. The maximum atomic E-state index is 13.5. The quantitative estimate of drug-likeness (QED) is 0.346. The Bertz CT molecular complexity index is 1270. The van der Waals surface area contributed by atoms with Crippen molar-refractivity contribution in [1.29, 1.82) is 5.26 Å². The van der Waals surface area contributed by atoms with Crippen molar-refractivity contribution in [2.45, 2.75) is 11.7 Å². The van der Waals surface area contributed by atoms with E-state index in [9.17, 15) is 14.9 Å². The second-order valence-corrected chi connectivity index (χ2v) is 9.20. The molecule has 1 N–H and O–H groups in total. The minimum Gasteiger partial charge on any atom is -0.321 e. The summed E-state index contributed by atoms with van der Waals surface area (Å²) in [6.45, 7) is 0. The molecule has 3 aromatic rings.